The largest absolute Gasteiger partial charge is 0.406 e. The quantitative estimate of drug-likeness (QED) is 0.852. The number of hydrogen-bond acceptors (Lipinski definition) is 3. The average molecular weight is 328 g/mol. The van der Waals surface area contributed by atoms with E-state index in [0.29, 0.717) is 6.07 Å². The number of sulfonamides is 1. The minimum absolute atomic E-state index is 0.217. The van der Waals surface area contributed by atoms with Crippen molar-refractivity contribution in [1.82, 2.24) is 4.90 Å². The van der Waals surface area contributed by atoms with Crippen LogP contribution < -0.4 is 5.14 Å². The molecule has 1 amide bonds. The van der Waals surface area contributed by atoms with Crippen molar-refractivity contribution in [2.24, 2.45) is 5.14 Å². The summed E-state index contributed by atoms with van der Waals surface area (Å²) in [5.74, 6) is -2.39. The zero-order valence-electron chi connectivity index (χ0n) is 11.0. The summed E-state index contributed by atoms with van der Waals surface area (Å²) in [7, 11) is -3.39. The number of carbonyl (C=O) groups excluding carboxylic acids is 1. The van der Waals surface area contributed by atoms with Crippen LogP contribution in [0.4, 0.5) is 17.6 Å². The van der Waals surface area contributed by atoms with Crippen LogP contribution in [0.1, 0.15) is 15.9 Å². The molecule has 21 heavy (non-hydrogen) atoms. The molecule has 2 N–H and O–H groups in total. The summed E-state index contributed by atoms with van der Waals surface area (Å²) < 4.78 is 73.0. The van der Waals surface area contributed by atoms with Gasteiger partial charge in [0.05, 0.1) is 10.5 Å². The van der Waals surface area contributed by atoms with Crippen LogP contribution in [0.15, 0.2) is 17.0 Å². The molecule has 0 aliphatic carbocycles. The van der Waals surface area contributed by atoms with E-state index in [-0.39, 0.29) is 10.5 Å². The van der Waals surface area contributed by atoms with Gasteiger partial charge >= 0.3 is 6.18 Å². The molecule has 0 bridgehead atoms. The molecule has 1 aromatic carbocycles. The molecule has 0 aromatic heterocycles. The molecule has 1 aromatic rings. The fourth-order valence-corrected chi connectivity index (χ4v) is 2.23. The monoisotopic (exact) mass is 328 g/mol. The first-order chi connectivity index (χ1) is 9.33. The third kappa shape index (κ3) is 4.39. The van der Waals surface area contributed by atoms with Gasteiger partial charge in [0.25, 0.3) is 5.91 Å². The summed E-state index contributed by atoms with van der Waals surface area (Å²) in [5, 5.41) is 4.87. The van der Waals surface area contributed by atoms with E-state index < -0.39 is 44.9 Å². The lowest BCUT2D eigenvalue weighted by molar-refractivity contribution is -0.138. The average Bonchev–Trinajstić information content (AvgIpc) is 2.27. The van der Waals surface area contributed by atoms with Gasteiger partial charge in [-0.15, -0.1) is 0 Å². The Morgan fingerprint density at radius 2 is 1.86 bits per heavy atom. The first kappa shape index (κ1) is 17.4. The molecular weight excluding hydrogens is 316 g/mol. The lowest BCUT2D eigenvalue weighted by Gasteiger charge is -2.20. The number of alkyl halides is 3. The van der Waals surface area contributed by atoms with Crippen LogP contribution in [0.5, 0.6) is 0 Å². The number of halogens is 4. The maximum atomic E-state index is 13.8. The molecule has 0 spiro atoms. The van der Waals surface area contributed by atoms with Gasteiger partial charge in [-0.05, 0) is 24.6 Å². The second kappa shape index (κ2) is 5.60. The summed E-state index contributed by atoms with van der Waals surface area (Å²) in [6.45, 7) is -0.422. The molecule has 0 unspecified atom stereocenters. The van der Waals surface area contributed by atoms with Crippen LogP contribution in [-0.2, 0) is 10.0 Å². The van der Waals surface area contributed by atoms with E-state index in [2.05, 4.69) is 0 Å². The Bertz CT molecular complexity index is 671. The van der Waals surface area contributed by atoms with Crippen molar-refractivity contribution in [1.29, 1.82) is 0 Å². The number of benzene rings is 1. The van der Waals surface area contributed by atoms with E-state index in [0.717, 1.165) is 13.1 Å². The standard InChI is InChI=1S/C11H12F4N2O3S/c1-6-3-7(21(16,19)20)4-8(9(6)12)10(18)17(2)5-11(13,14)15/h3-4H,5H2,1-2H3,(H2,16,19,20). The van der Waals surface area contributed by atoms with Crippen LogP contribution >= 0.6 is 0 Å². The third-order valence-electron chi connectivity index (χ3n) is 2.55. The van der Waals surface area contributed by atoms with Gasteiger partial charge in [0.15, 0.2) is 0 Å². The van der Waals surface area contributed by atoms with Crippen LogP contribution in [-0.4, -0.2) is 39.0 Å². The maximum absolute atomic E-state index is 13.8. The molecule has 0 saturated carbocycles. The van der Waals surface area contributed by atoms with Gasteiger partial charge in [-0.3, -0.25) is 4.79 Å². The Morgan fingerprint density at radius 3 is 2.29 bits per heavy atom. The number of rotatable bonds is 3. The highest BCUT2D eigenvalue weighted by atomic mass is 32.2. The summed E-state index contributed by atoms with van der Waals surface area (Å²) in [5.41, 5.74) is -1.00. The number of nitrogens with zero attached hydrogens (tertiary/aromatic N) is 1. The molecular formula is C11H12F4N2O3S. The normalized spacial score (nSPS) is 12.3. The van der Waals surface area contributed by atoms with E-state index in [9.17, 15) is 30.8 Å². The number of primary sulfonamides is 1. The lowest BCUT2D eigenvalue weighted by atomic mass is 10.1. The maximum Gasteiger partial charge on any atom is 0.406 e. The first-order valence-electron chi connectivity index (χ1n) is 5.48. The van der Waals surface area contributed by atoms with Crippen LogP contribution in [0.25, 0.3) is 0 Å². The molecule has 118 valence electrons. The Hall–Kier alpha value is -1.68. The zero-order chi connectivity index (χ0) is 16.6. The molecule has 0 heterocycles. The van der Waals surface area contributed by atoms with E-state index >= 15 is 0 Å². The minimum Gasteiger partial charge on any atom is -0.333 e. The highest BCUT2D eigenvalue weighted by Gasteiger charge is 2.32. The highest BCUT2D eigenvalue weighted by molar-refractivity contribution is 7.89. The Morgan fingerprint density at radius 1 is 1.33 bits per heavy atom. The predicted octanol–water partition coefficient (Wildman–Crippen LogP) is 1.42. The molecule has 0 saturated heterocycles. The Labute approximate surface area is 118 Å². The molecule has 5 nitrogen and oxygen atoms in total. The Balaban J connectivity index is 3.30. The van der Waals surface area contributed by atoms with E-state index in [1.807, 2.05) is 0 Å². The van der Waals surface area contributed by atoms with Gasteiger partial charge in [0.2, 0.25) is 10.0 Å². The molecule has 10 heteroatoms. The molecule has 0 fully saturated rings. The number of carbonyl (C=O) groups is 1. The molecule has 0 aliphatic rings. The Kier molecular flexibility index (Phi) is 4.63. The second-order valence-corrected chi connectivity index (χ2v) is 5.98. The number of amides is 1. The van der Waals surface area contributed by atoms with Crippen molar-refractivity contribution in [2.75, 3.05) is 13.6 Å². The van der Waals surface area contributed by atoms with Gasteiger partial charge in [-0.25, -0.2) is 17.9 Å². The van der Waals surface area contributed by atoms with Gasteiger partial charge in [-0.1, -0.05) is 0 Å². The number of hydrogen-bond donors (Lipinski definition) is 1. The molecule has 1 rings (SSSR count). The third-order valence-corrected chi connectivity index (χ3v) is 3.44. The number of nitrogens with two attached hydrogens (primary N) is 1. The van der Waals surface area contributed by atoms with Crippen LogP contribution in [0.3, 0.4) is 0 Å². The molecule has 0 aliphatic heterocycles. The topological polar surface area (TPSA) is 80.5 Å². The van der Waals surface area contributed by atoms with E-state index in [4.69, 9.17) is 5.14 Å². The predicted molar refractivity (Wildman–Crippen MR) is 65.5 cm³/mol. The summed E-state index contributed by atoms with van der Waals surface area (Å²) >= 11 is 0. The van der Waals surface area contributed by atoms with E-state index in [1.165, 1.54) is 6.92 Å². The SMILES string of the molecule is Cc1cc(S(N)(=O)=O)cc(C(=O)N(C)CC(F)(F)F)c1F. The second-order valence-electron chi connectivity index (χ2n) is 4.42. The van der Waals surface area contributed by atoms with E-state index in [1.54, 1.807) is 0 Å². The van der Waals surface area contributed by atoms with Gasteiger partial charge in [0, 0.05) is 7.05 Å². The van der Waals surface area contributed by atoms with Crippen molar-refractivity contribution in [2.45, 2.75) is 18.0 Å². The van der Waals surface area contributed by atoms with Crippen molar-refractivity contribution in [3.05, 3.63) is 29.1 Å². The van der Waals surface area contributed by atoms with Crippen LogP contribution in [0, 0.1) is 12.7 Å². The van der Waals surface area contributed by atoms with Gasteiger partial charge in [-0.2, -0.15) is 13.2 Å². The fourth-order valence-electron chi connectivity index (χ4n) is 1.60. The van der Waals surface area contributed by atoms with Crippen molar-refractivity contribution >= 4 is 15.9 Å². The zero-order valence-corrected chi connectivity index (χ0v) is 11.8. The smallest absolute Gasteiger partial charge is 0.333 e. The van der Waals surface area contributed by atoms with Crippen LogP contribution in [0.2, 0.25) is 0 Å². The highest BCUT2D eigenvalue weighted by Crippen LogP contribution is 2.22. The summed E-state index contributed by atoms with van der Waals surface area (Å²) in [6.07, 6.45) is -4.66. The molecule has 0 radical (unpaired) electrons. The van der Waals surface area contributed by atoms with Gasteiger partial charge < -0.3 is 4.90 Å². The van der Waals surface area contributed by atoms with Gasteiger partial charge in [0.1, 0.15) is 12.4 Å². The summed E-state index contributed by atoms with van der Waals surface area (Å²) in [6, 6.07) is 1.51. The molecule has 0 atom stereocenters. The fraction of sp³-hybridized carbons (Fsp3) is 0.364. The minimum atomic E-state index is -4.66. The summed E-state index contributed by atoms with van der Waals surface area (Å²) in [4.78, 5) is 11.5. The van der Waals surface area contributed by atoms with Crippen molar-refractivity contribution < 1.29 is 30.8 Å². The van der Waals surface area contributed by atoms with Crippen molar-refractivity contribution in [3.63, 3.8) is 0 Å². The lowest BCUT2D eigenvalue weighted by Crippen LogP contribution is -2.36. The number of aryl methyl sites for hydroxylation is 1. The van der Waals surface area contributed by atoms with Crippen molar-refractivity contribution in [3.8, 4) is 0 Å². The first-order valence-corrected chi connectivity index (χ1v) is 7.02.